The summed E-state index contributed by atoms with van der Waals surface area (Å²) in [4.78, 5) is 39.7. The minimum absolute atomic E-state index is 0.0812. The van der Waals surface area contributed by atoms with E-state index < -0.39 is 49.9 Å². The van der Waals surface area contributed by atoms with Gasteiger partial charge in [0, 0.05) is 47.3 Å². The van der Waals surface area contributed by atoms with E-state index in [9.17, 15) is 28.1 Å². The molecule has 0 aliphatic heterocycles. The van der Waals surface area contributed by atoms with Gasteiger partial charge in [-0.3, -0.25) is 24.0 Å². The number of ether oxygens (including phenoxy) is 1. The molecule has 2 amide bonds. The van der Waals surface area contributed by atoms with E-state index in [0.29, 0.717) is 11.3 Å². The molecule has 11 nitrogen and oxygen atoms in total. The molecule has 0 heterocycles. The van der Waals surface area contributed by atoms with Crippen molar-refractivity contribution in [3.8, 4) is 5.75 Å². The lowest BCUT2D eigenvalue weighted by atomic mass is 10.0. The normalized spacial score (nSPS) is 11.8. The van der Waals surface area contributed by atoms with Crippen LogP contribution in [0.3, 0.4) is 0 Å². The number of nitro benzene ring substituents is 1. The molecule has 0 radical (unpaired) electrons. The Morgan fingerprint density at radius 1 is 0.957 bits per heavy atom. The third kappa shape index (κ3) is 8.20. The van der Waals surface area contributed by atoms with Crippen molar-refractivity contribution in [1.82, 2.24) is 10.2 Å². The Morgan fingerprint density at radius 3 is 2.17 bits per heavy atom. The highest BCUT2D eigenvalue weighted by Crippen LogP contribution is 2.31. The monoisotopic (exact) mass is 698 g/mol. The number of sulfonamides is 1. The minimum Gasteiger partial charge on any atom is -0.497 e. The molecule has 0 aromatic heterocycles. The van der Waals surface area contributed by atoms with Crippen molar-refractivity contribution >= 4 is 56.4 Å². The van der Waals surface area contributed by atoms with E-state index in [1.807, 2.05) is 6.07 Å². The lowest BCUT2D eigenvalue weighted by Gasteiger charge is -2.34. The molecule has 4 rings (SSSR count). The second kappa shape index (κ2) is 15.3. The quantitative estimate of drug-likeness (QED) is 0.138. The molecule has 1 N–H and O–H groups in total. The smallest absolute Gasteiger partial charge is 0.273 e. The van der Waals surface area contributed by atoms with Crippen LogP contribution in [0.2, 0.25) is 10.0 Å². The average molecular weight is 700 g/mol. The molecule has 0 saturated carbocycles. The van der Waals surface area contributed by atoms with E-state index >= 15 is 0 Å². The summed E-state index contributed by atoms with van der Waals surface area (Å²) in [5.74, 6) is -0.828. The number of anilines is 1. The Hall–Kier alpha value is -4.65. The van der Waals surface area contributed by atoms with Gasteiger partial charge < -0.3 is 15.0 Å². The van der Waals surface area contributed by atoms with Crippen molar-refractivity contribution < 1.29 is 27.7 Å². The fourth-order valence-corrected chi connectivity index (χ4v) is 6.88. The Morgan fingerprint density at radius 2 is 1.60 bits per heavy atom. The van der Waals surface area contributed by atoms with E-state index in [1.165, 1.54) is 62.4 Å². The third-order valence-corrected chi connectivity index (χ3v) is 9.99. The van der Waals surface area contributed by atoms with Crippen LogP contribution >= 0.6 is 23.2 Å². The van der Waals surface area contributed by atoms with E-state index in [-0.39, 0.29) is 34.3 Å². The molecule has 0 saturated heterocycles. The minimum atomic E-state index is -4.59. The number of carbonyl (C=O) groups is 2. The standard InChI is InChI=1S/C33H32Cl2N4O7S/c1-22-12-17-26(19-30(22)39(42)43)47(44,45)38(24-13-15-25(46-3)16-14-24)21-32(40)37(20-27-28(34)10-7-11-29(27)35)31(33(41)36-2)18-23-8-5-4-6-9-23/h4-17,19,31H,18,20-21H2,1-3H3,(H,36,41). The first-order valence-electron chi connectivity index (χ1n) is 14.3. The summed E-state index contributed by atoms with van der Waals surface area (Å²) in [6.07, 6.45) is 0.0910. The Labute approximate surface area is 282 Å². The van der Waals surface area contributed by atoms with Crippen molar-refractivity contribution in [2.45, 2.75) is 30.8 Å². The molecule has 246 valence electrons. The SMILES string of the molecule is CNC(=O)C(Cc1ccccc1)N(Cc1c(Cl)cccc1Cl)C(=O)CN(c1ccc(OC)cc1)S(=O)(=O)c1ccc(C)c([N+](=O)[O-])c1. The molecule has 0 spiro atoms. The summed E-state index contributed by atoms with van der Waals surface area (Å²) in [6, 6.07) is 22.2. The first-order chi connectivity index (χ1) is 22.4. The molecule has 14 heteroatoms. The number of halogens is 2. The molecule has 0 bridgehead atoms. The molecule has 0 fully saturated rings. The van der Waals surface area contributed by atoms with E-state index in [0.717, 1.165) is 15.9 Å². The average Bonchev–Trinajstić information content (AvgIpc) is 3.06. The van der Waals surface area contributed by atoms with Crippen molar-refractivity contribution in [3.05, 3.63) is 128 Å². The molecule has 0 aliphatic rings. The molecule has 47 heavy (non-hydrogen) atoms. The van der Waals surface area contributed by atoms with E-state index in [1.54, 1.807) is 42.5 Å². The zero-order chi connectivity index (χ0) is 34.3. The summed E-state index contributed by atoms with van der Waals surface area (Å²) < 4.78 is 34.5. The molecular formula is C33H32Cl2N4O7S. The van der Waals surface area contributed by atoms with Crippen LogP contribution in [0.5, 0.6) is 5.75 Å². The van der Waals surface area contributed by atoms with Gasteiger partial charge in [-0.2, -0.15) is 0 Å². The maximum Gasteiger partial charge on any atom is 0.273 e. The van der Waals surface area contributed by atoms with Crippen molar-refractivity contribution in [2.24, 2.45) is 0 Å². The van der Waals surface area contributed by atoms with Crippen LogP contribution in [-0.4, -0.2) is 56.8 Å². The van der Waals surface area contributed by atoms with Crippen molar-refractivity contribution in [1.29, 1.82) is 0 Å². The van der Waals surface area contributed by atoms with Gasteiger partial charge in [0.2, 0.25) is 11.8 Å². The third-order valence-electron chi connectivity index (χ3n) is 7.51. The fraction of sp³-hybridized carbons (Fsp3) is 0.212. The second-order valence-corrected chi connectivity index (χ2v) is 13.1. The van der Waals surface area contributed by atoms with Crippen molar-refractivity contribution in [2.75, 3.05) is 25.0 Å². The van der Waals surface area contributed by atoms with Gasteiger partial charge in [0.25, 0.3) is 15.7 Å². The van der Waals surface area contributed by atoms with Crippen LogP contribution < -0.4 is 14.4 Å². The number of carbonyl (C=O) groups excluding carboxylic acids is 2. The van der Waals surface area contributed by atoms with Crippen LogP contribution in [0, 0.1) is 17.0 Å². The summed E-state index contributed by atoms with van der Waals surface area (Å²) in [7, 11) is -1.71. The highest BCUT2D eigenvalue weighted by Gasteiger charge is 2.35. The summed E-state index contributed by atoms with van der Waals surface area (Å²) >= 11 is 13.0. The predicted octanol–water partition coefficient (Wildman–Crippen LogP) is 5.80. The Kier molecular flexibility index (Phi) is 11.5. The molecule has 1 atom stereocenters. The topological polar surface area (TPSA) is 139 Å². The van der Waals surface area contributed by atoms with Crippen LogP contribution in [0.1, 0.15) is 16.7 Å². The second-order valence-electron chi connectivity index (χ2n) is 10.5. The zero-order valence-electron chi connectivity index (χ0n) is 25.7. The van der Waals surface area contributed by atoms with Gasteiger partial charge in [0.05, 0.1) is 22.6 Å². The lowest BCUT2D eigenvalue weighted by molar-refractivity contribution is -0.385. The Bertz CT molecular complexity index is 1850. The van der Waals surface area contributed by atoms with E-state index in [4.69, 9.17) is 27.9 Å². The maximum atomic E-state index is 14.5. The predicted molar refractivity (Wildman–Crippen MR) is 180 cm³/mol. The molecule has 1 unspecified atom stereocenters. The summed E-state index contributed by atoms with van der Waals surface area (Å²) in [5.41, 5.74) is 1.05. The number of benzene rings is 4. The lowest BCUT2D eigenvalue weighted by Crippen LogP contribution is -2.53. The van der Waals surface area contributed by atoms with Gasteiger partial charge in [0.15, 0.2) is 0 Å². The van der Waals surface area contributed by atoms with Crippen LogP contribution in [-0.2, 0) is 32.6 Å². The number of likely N-dealkylation sites (N-methyl/N-ethyl adjacent to an activating group) is 1. The Balaban J connectivity index is 1.86. The highest BCUT2D eigenvalue weighted by molar-refractivity contribution is 7.92. The summed E-state index contributed by atoms with van der Waals surface area (Å²) in [6.45, 7) is 0.484. The number of rotatable bonds is 13. The largest absolute Gasteiger partial charge is 0.497 e. The molecular weight excluding hydrogens is 667 g/mol. The highest BCUT2D eigenvalue weighted by atomic mass is 35.5. The number of nitro groups is 1. The van der Waals surface area contributed by atoms with Gasteiger partial charge >= 0.3 is 0 Å². The number of amides is 2. The first kappa shape index (κ1) is 35.2. The van der Waals surface area contributed by atoms with E-state index in [2.05, 4.69) is 5.32 Å². The van der Waals surface area contributed by atoms with Crippen LogP contribution in [0.15, 0.2) is 95.9 Å². The van der Waals surface area contributed by atoms with Crippen LogP contribution in [0.4, 0.5) is 11.4 Å². The van der Waals surface area contributed by atoms with Crippen LogP contribution in [0.25, 0.3) is 0 Å². The number of hydrogen-bond donors (Lipinski definition) is 1. The number of aryl methyl sites for hydroxylation is 1. The zero-order valence-corrected chi connectivity index (χ0v) is 28.1. The molecule has 4 aromatic carbocycles. The number of nitrogens with zero attached hydrogens (tertiary/aromatic N) is 3. The van der Waals surface area contributed by atoms with Gasteiger partial charge in [-0.05, 0) is 55.0 Å². The van der Waals surface area contributed by atoms with Crippen molar-refractivity contribution in [3.63, 3.8) is 0 Å². The summed E-state index contributed by atoms with van der Waals surface area (Å²) in [5, 5.41) is 14.8. The molecule has 0 aliphatic carbocycles. The maximum absolute atomic E-state index is 14.5. The fourth-order valence-electron chi connectivity index (χ4n) is 4.93. The first-order valence-corrected chi connectivity index (χ1v) is 16.5. The molecule has 4 aromatic rings. The van der Waals surface area contributed by atoms with Gasteiger partial charge in [-0.1, -0.05) is 65.7 Å². The van der Waals surface area contributed by atoms with Gasteiger partial charge in [-0.25, -0.2) is 8.42 Å². The number of hydrogen-bond acceptors (Lipinski definition) is 7. The number of nitrogens with one attached hydrogen (secondary N) is 1. The van der Waals surface area contributed by atoms with Gasteiger partial charge in [-0.15, -0.1) is 0 Å². The van der Waals surface area contributed by atoms with Gasteiger partial charge in [0.1, 0.15) is 18.3 Å². The number of methoxy groups -OCH3 is 1.